The molecule has 10 heteroatoms. The molecule has 1 aliphatic carbocycles. The van der Waals surface area contributed by atoms with Crippen molar-refractivity contribution in [3.8, 4) is 0 Å². The predicted molar refractivity (Wildman–Crippen MR) is 158 cm³/mol. The number of ether oxygens (including phenoxy) is 1. The first-order valence-electron chi connectivity index (χ1n) is 14.1. The first-order valence-corrected chi connectivity index (χ1v) is 14.1. The van der Waals surface area contributed by atoms with Crippen LogP contribution in [0.25, 0.3) is 0 Å². The first-order chi connectivity index (χ1) is 19.7. The number of morpholine rings is 1. The van der Waals surface area contributed by atoms with Crippen LogP contribution in [0.15, 0.2) is 48.6 Å². The SMILES string of the molecule is Cc1ccc(N2CCN(C)CC2)c2c1CC[C@@H](NC(=O)c1ccc(N3CCOCC3)cc1)C2.O=C(O)/C=C\C(=O)O. The summed E-state index contributed by atoms with van der Waals surface area (Å²) >= 11 is 0. The Morgan fingerprint density at radius 3 is 2.10 bits per heavy atom. The molecule has 10 nitrogen and oxygen atoms in total. The van der Waals surface area contributed by atoms with Gasteiger partial charge >= 0.3 is 11.9 Å². The number of carboxylic acids is 2. The summed E-state index contributed by atoms with van der Waals surface area (Å²) < 4.78 is 5.44. The summed E-state index contributed by atoms with van der Waals surface area (Å²) in [6.07, 6.45) is 4.06. The fraction of sp³-hybridized carbons (Fsp3) is 0.452. The van der Waals surface area contributed by atoms with E-state index in [1.165, 1.54) is 22.4 Å². The molecule has 2 aromatic rings. The molecule has 0 bridgehead atoms. The minimum Gasteiger partial charge on any atom is -0.478 e. The van der Waals surface area contributed by atoms with Crippen LogP contribution in [0.2, 0.25) is 0 Å². The van der Waals surface area contributed by atoms with Crippen LogP contribution in [0, 0.1) is 6.92 Å². The average molecular weight is 565 g/mol. The third-order valence-electron chi connectivity index (χ3n) is 7.89. The Hall–Kier alpha value is -3.89. The lowest BCUT2D eigenvalue weighted by Crippen LogP contribution is -2.45. The number of hydrogen-bond donors (Lipinski definition) is 3. The minimum absolute atomic E-state index is 0.0331. The molecule has 0 saturated carbocycles. The number of hydrogen-bond acceptors (Lipinski definition) is 7. The normalized spacial score (nSPS) is 19.2. The van der Waals surface area contributed by atoms with Gasteiger partial charge in [-0.2, -0.15) is 0 Å². The summed E-state index contributed by atoms with van der Waals surface area (Å²) in [5.74, 6) is -2.48. The molecule has 2 heterocycles. The minimum atomic E-state index is -1.26. The number of nitrogens with zero attached hydrogens (tertiary/aromatic N) is 3. The number of fused-ring (bicyclic) bond motifs is 1. The summed E-state index contributed by atoms with van der Waals surface area (Å²) in [5.41, 5.74) is 7.59. The number of likely N-dealkylation sites (N-methyl/N-ethyl adjacent to an activating group) is 1. The molecular formula is C31H40N4O6. The third kappa shape index (κ3) is 8.31. The van der Waals surface area contributed by atoms with E-state index in [0.717, 1.165) is 83.0 Å². The molecule has 41 heavy (non-hydrogen) atoms. The molecule has 5 rings (SSSR count). The van der Waals surface area contributed by atoms with Crippen LogP contribution in [-0.4, -0.2) is 98.5 Å². The maximum Gasteiger partial charge on any atom is 0.328 e. The van der Waals surface area contributed by atoms with Gasteiger partial charge in [-0.25, -0.2) is 9.59 Å². The number of rotatable bonds is 6. The molecule has 3 N–H and O–H groups in total. The van der Waals surface area contributed by atoms with Gasteiger partial charge in [-0.05, 0) is 80.3 Å². The second-order valence-electron chi connectivity index (χ2n) is 10.7. The fourth-order valence-corrected chi connectivity index (χ4v) is 5.56. The second-order valence-corrected chi connectivity index (χ2v) is 10.7. The zero-order valence-corrected chi connectivity index (χ0v) is 23.8. The number of carbonyl (C=O) groups excluding carboxylic acids is 1. The average Bonchev–Trinajstić information content (AvgIpc) is 2.98. The highest BCUT2D eigenvalue weighted by molar-refractivity contribution is 5.94. The van der Waals surface area contributed by atoms with Gasteiger partial charge in [0.25, 0.3) is 5.91 Å². The molecular weight excluding hydrogens is 524 g/mol. The van der Waals surface area contributed by atoms with Crippen molar-refractivity contribution in [2.75, 3.05) is 69.3 Å². The van der Waals surface area contributed by atoms with Crippen LogP contribution in [-0.2, 0) is 27.2 Å². The summed E-state index contributed by atoms with van der Waals surface area (Å²) in [4.78, 5) is 39.4. The van der Waals surface area contributed by atoms with E-state index in [0.29, 0.717) is 12.2 Å². The molecule has 220 valence electrons. The van der Waals surface area contributed by atoms with Crippen molar-refractivity contribution in [1.82, 2.24) is 10.2 Å². The van der Waals surface area contributed by atoms with Crippen LogP contribution in [0.5, 0.6) is 0 Å². The van der Waals surface area contributed by atoms with Crippen LogP contribution in [0.4, 0.5) is 11.4 Å². The Balaban J connectivity index is 0.000000426. The van der Waals surface area contributed by atoms with Crippen molar-refractivity contribution in [1.29, 1.82) is 0 Å². The van der Waals surface area contributed by atoms with E-state index in [9.17, 15) is 14.4 Å². The van der Waals surface area contributed by atoms with Crippen molar-refractivity contribution >= 4 is 29.2 Å². The molecule has 0 radical (unpaired) electrons. The highest BCUT2D eigenvalue weighted by Gasteiger charge is 2.27. The van der Waals surface area contributed by atoms with Gasteiger partial charge < -0.3 is 35.0 Å². The number of nitrogens with one attached hydrogen (secondary N) is 1. The van der Waals surface area contributed by atoms with Gasteiger partial charge in [-0.15, -0.1) is 0 Å². The van der Waals surface area contributed by atoms with Crippen molar-refractivity contribution in [3.05, 3.63) is 70.8 Å². The van der Waals surface area contributed by atoms with Crippen molar-refractivity contribution < 1.29 is 29.3 Å². The molecule has 2 aliphatic heterocycles. The number of anilines is 2. The molecule has 1 amide bonds. The van der Waals surface area contributed by atoms with Gasteiger partial charge in [-0.3, -0.25) is 4.79 Å². The predicted octanol–water partition coefficient (Wildman–Crippen LogP) is 2.58. The Morgan fingerprint density at radius 2 is 1.49 bits per heavy atom. The molecule has 0 spiro atoms. The van der Waals surface area contributed by atoms with Crippen LogP contribution in [0.3, 0.4) is 0 Å². The Morgan fingerprint density at radius 1 is 0.854 bits per heavy atom. The highest BCUT2D eigenvalue weighted by Crippen LogP contribution is 2.33. The van der Waals surface area contributed by atoms with Gasteiger partial charge in [0.2, 0.25) is 0 Å². The van der Waals surface area contributed by atoms with Gasteiger partial charge in [0.1, 0.15) is 0 Å². The van der Waals surface area contributed by atoms with Crippen molar-refractivity contribution in [3.63, 3.8) is 0 Å². The Kier molecular flexibility index (Phi) is 10.4. The number of carbonyl (C=O) groups is 3. The lowest BCUT2D eigenvalue weighted by atomic mass is 9.84. The zero-order valence-electron chi connectivity index (χ0n) is 23.8. The van der Waals surface area contributed by atoms with E-state index < -0.39 is 11.9 Å². The third-order valence-corrected chi connectivity index (χ3v) is 7.89. The van der Waals surface area contributed by atoms with Gasteiger partial charge in [-0.1, -0.05) is 6.07 Å². The lowest BCUT2D eigenvalue weighted by molar-refractivity contribution is -0.134. The number of carboxylic acid groups (broad SMARTS) is 2. The topological polar surface area (TPSA) is 123 Å². The van der Waals surface area contributed by atoms with Crippen LogP contribution in [0.1, 0.15) is 33.5 Å². The summed E-state index contributed by atoms with van der Waals surface area (Å²) in [6, 6.07) is 12.8. The number of aryl methyl sites for hydroxylation is 1. The quantitative estimate of drug-likeness (QED) is 0.455. The Labute approximate surface area is 241 Å². The van der Waals surface area contributed by atoms with Gasteiger partial charge in [0, 0.05) is 74.4 Å². The van der Waals surface area contributed by atoms with E-state index in [-0.39, 0.29) is 11.9 Å². The van der Waals surface area contributed by atoms with E-state index in [4.69, 9.17) is 14.9 Å². The van der Waals surface area contributed by atoms with Gasteiger partial charge in [0.05, 0.1) is 13.2 Å². The molecule has 2 fully saturated rings. The molecule has 3 aliphatic rings. The zero-order chi connectivity index (χ0) is 29.4. The van der Waals surface area contributed by atoms with E-state index >= 15 is 0 Å². The summed E-state index contributed by atoms with van der Waals surface area (Å²) in [7, 11) is 2.20. The van der Waals surface area contributed by atoms with E-state index in [1.54, 1.807) is 0 Å². The van der Waals surface area contributed by atoms with Gasteiger partial charge in [0.15, 0.2) is 0 Å². The maximum absolute atomic E-state index is 13.0. The Bertz CT molecular complexity index is 1230. The molecule has 0 aromatic heterocycles. The summed E-state index contributed by atoms with van der Waals surface area (Å²) in [5, 5.41) is 19.0. The van der Waals surface area contributed by atoms with Crippen molar-refractivity contribution in [2.24, 2.45) is 0 Å². The monoisotopic (exact) mass is 564 g/mol. The maximum atomic E-state index is 13.0. The molecule has 1 atom stereocenters. The number of piperazine rings is 1. The smallest absolute Gasteiger partial charge is 0.328 e. The van der Waals surface area contributed by atoms with Crippen molar-refractivity contribution in [2.45, 2.75) is 32.2 Å². The first kappa shape index (κ1) is 30.1. The number of amides is 1. The second kappa shape index (κ2) is 14.1. The molecule has 2 saturated heterocycles. The summed E-state index contributed by atoms with van der Waals surface area (Å²) in [6.45, 7) is 9.90. The fourth-order valence-electron chi connectivity index (χ4n) is 5.56. The standard InChI is InChI=1S/C27H36N4O2.C4H4O4/c1-20-3-10-26(31-13-11-29(2)12-14-31)25-19-22(6-9-24(20)25)28-27(32)21-4-7-23(8-5-21)30-15-17-33-18-16-30;5-3(6)1-2-4(7)8/h3-5,7-8,10,22H,6,9,11-19H2,1-2H3,(H,28,32);1-2H,(H,5,6)(H,7,8)/b;2-1-/t22-;/m1./s1. The molecule has 0 unspecified atom stereocenters. The highest BCUT2D eigenvalue weighted by atomic mass is 16.5. The number of aliphatic carboxylic acids is 2. The lowest BCUT2D eigenvalue weighted by Gasteiger charge is -2.37. The van der Waals surface area contributed by atoms with Crippen LogP contribution >= 0.6 is 0 Å². The number of benzene rings is 2. The van der Waals surface area contributed by atoms with E-state index in [2.05, 4.69) is 58.3 Å². The van der Waals surface area contributed by atoms with Crippen LogP contribution < -0.4 is 15.1 Å². The largest absolute Gasteiger partial charge is 0.478 e. The van der Waals surface area contributed by atoms with E-state index in [1.807, 2.05) is 12.1 Å². The molecule has 2 aromatic carbocycles.